The zero-order chi connectivity index (χ0) is 13.4. The van der Waals surface area contributed by atoms with Gasteiger partial charge in [-0.2, -0.15) is 0 Å². The molecule has 18 heavy (non-hydrogen) atoms. The van der Waals surface area contributed by atoms with Crippen LogP contribution in [-0.4, -0.2) is 4.98 Å². The van der Waals surface area contributed by atoms with Gasteiger partial charge in [0.25, 0.3) is 0 Å². The van der Waals surface area contributed by atoms with Crippen molar-refractivity contribution in [1.29, 1.82) is 0 Å². The largest absolute Gasteiger partial charge is 0.323 e. The second kappa shape index (κ2) is 4.70. The first kappa shape index (κ1) is 13.0. The van der Waals surface area contributed by atoms with Crippen molar-refractivity contribution in [2.24, 2.45) is 5.73 Å². The van der Waals surface area contributed by atoms with Crippen LogP contribution in [0.1, 0.15) is 23.5 Å². The van der Waals surface area contributed by atoms with Crippen LogP contribution in [0.15, 0.2) is 12.1 Å². The van der Waals surface area contributed by atoms with Gasteiger partial charge < -0.3 is 5.73 Å². The zero-order valence-electron chi connectivity index (χ0n) is 9.80. The van der Waals surface area contributed by atoms with Crippen molar-refractivity contribution in [2.75, 3.05) is 0 Å². The molecule has 2 rings (SSSR count). The first-order valence-corrected chi connectivity index (χ1v) is 6.09. The van der Waals surface area contributed by atoms with Gasteiger partial charge in [-0.05, 0) is 26.0 Å². The number of hydrogen-bond acceptors (Lipinski definition) is 3. The summed E-state index contributed by atoms with van der Waals surface area (Å²) in [7, 11) is 0. The van der Waals surface area contributed by atoms with Crippen molar-refractivity contribution >= 4 is 11.3 Å². The number of rotatable bonds is 2. The van der Waals surface area contributed by atoms with Crippen molar-refractivity contribution in [1.82, 2.24) is 4.98 Å². The first-order chi connectivity index (χ1) is 8.40. The summed E-state index contributed by atoms with van der Waals surface area (Å²) in [6.45, 7) is 3.57. The Labute approximate surface area is 106 Å². The molecule has 1 aromatic heterocycles. The van der Waals surface area contributed by atoms with Gasteiger partial charge in [0.2, 0.25) is 0 Å². The van der Waals surface area contributed by atoms with E-state index in [9.17, 15) is 13.2 Å². The summed E-state index contributed by atoms with van der Waals surface area (Å²) in [5, 5.41) is 0.428. The van der Waals surface area contributed by atoms with Crippen LogP contribution in [0.2, 0.25) is 0 Å². The van der Waals surface area contributed by atoms with Crippen molar-refractivity contribution in [2.45, 2.75) is 19.9 Å². The van der Waals surface area contributed by atoms with Crippen LogP contribution in [-0.2, 0) is 0 Å². The van der Waals surface area contributed by atoms with E-state index in [0.717, 1.165) is 22.7 Å². The summed E-state index contributed by atoms with van der Waals surface area (Å²) in [5.41, 5.74) is 6.68. The summed E-state index contributed by atoms with van der Waals surface area (Å²) >= 11 is 1.25. The van der Waals surface area contributed by atoms with Gasteiger partial charge in [0.05, 0.1) is 5.69 Å². The van der Waals surface area contributed by atoms with E-state index < -0.39 is 17.5 Å². The van der Waals surface area contributed by atoms with Gasteiger partial charge in [0.1, 0.15) is 5.01 Å². The molecule has 1 heterocycles. The Kier molecular flexibility index (Phi) is 3.41. The van der Waals surface area contributed by atoms with Crippen molar-refractivity contribution in [3.05, 3.63) is 40.2 Å². The minimum atomic E-state index is -1.47. The number of nitrogens with two attached hydrogens (primary N) is 1. The molecule has 0 amide bonds. The average Bonchev–Trinajstić information content (AvgIpc) is 2.67. The molecular weight excluding hydrogens is 261 g/mol. The van der Waals surface area contributed by atoms with Gasteiger partial charge in [-0.15, -0.1) is 11.3 Å². The highest BCUT2D eigenvalue weighted by molar-refractivity contribution is 7.15. The Hall–Kier alpha value is -1.40. The predicted octanol–water partition coefficient (Wildman–Crippen LogP) is 3.56. The van der Waals surface area contributed by atoms with Gasteiger partial charge in [-0.25, -0.2) is 18.2 Å². The lowest BCUT2D eigenvalue weighted by atomic mass is 10.2. The molecule has 0 bridgehead atoms. The quantitative estimate of drug-likeness (QED) is 0.849. The van der Waals surface area contributed by atoms with Crippen molar-refractivity contribution in [3.8, 4) is 10.6 Å². The van der Waals surface area contributed by atoms with Crippen LogP contribution in [0.5, 0.6) is 0 Å². The Morgan fingerprint density at radius 2 is 1.78 bits per heavy atom. The second-order valence-electron chi connectivity index (χ2n) is 4.01. The highest BCUT2D eigenvalue weighted by Crippen LogP contribution is 2.32. The van der Waals surface area contributed by atoms with E-state index in [1.807, 2.05) is 0 Å². The third-order valence-electron chi connectivity index (χ3n) is 2.48. The Balaban J connectivity index is 2.52. The molecule has 0 aliphatic carbocycles. The fraction of sp³-hybridized carbons (Fsp3) is 0.250. The number of halogens is 3. The number of hydrogen-bond donors (Lipinski definition) is 1. The minimum absolute atomic E-state index is 0.202. The molecule has 0 radical (unpaired) electrons. The molecule has 6 heteroatoms. The third-order valence-corrected chi connectivity index (χ3v) is 3.88. The summed E-state index contributed by atoms with van der Waals surface area (Å²) in [5.74, 6) is -3.92. The zero-order valence-corrected chi connectivity index (χ0v) is 10.6. The normalized spacial score (nSPS) is 12.8. The highest BCUT2D eigenvalue weighted by atomic mass is 32.1. The fourth-order valence-electron chi connectivity index (χ4n) is 1.63. The molecule has 1 atom stereocenters. The molecule has 2 aromatic rings. The number of nitrogens with zero attached hydrogens (tertiary/aromatic N) is 1. The van der Waals surface area contributed by atoms with Gasteiger partial charge >= 0.3 is 0 Å². The molecule has 0 saturated heterocycles. The van der Waals surface area contributed by atoms with Crippen LogP contribution in [0.4, 0.5) is 13.2 Å². The van der Waals surface area contributed by atoms with E-state index in [0.29, 0.717) is 5.01 Å². The van der Waals surface area contributed by atoms with E-state index in [1.165, 1.54) is 11.3 Å². The molecular formula is C12H11F3N2S. The maximum atomic E-state index is 13.1. The Morgan fingerprint density at radius 3 is 2.22 bits per heavy atom. The van der Waals surface area contributed by atoms with Crippen molar-refractivity contribution in [3.63, 3.8) is 0 Å². The van der Waals surface area contributed by atoms with E-state index in [2.05, 4.69) is 4.98 Å². The predicted molar refractivity (Wildman–Crippen MR) is 64.8 cm³/mol. The van der Waals surface area contributed by atoms with Gasteiger partial charge in [0, 0.05) is 16.5 Å². The first-order valence-electron chi connectivity index (χ1n) is 5.28. The number of aromatic nitrogens is 1. The van der Waals surface area contributed by atoms with Crippen LogP contribution >= 0.6 is 11.3 Å². The van der Waals surface area contributed by atoms with E-state index >= 15 is 0 Å². The van der Waals surface area contributed by atoms with Crippen LogP contribution in [0, 0.1) is 24.4 Å². The smallest absolute Gasteiger partial charge is 0.194 e. The Morgan fingerprint density at radius 1 is 1.22 bits per heavy atom. The SMILES string of the molecule is Cc1nc(-c2cc(F)c(F)c(F)c2)sc1C(C)N. The molecule has 1 unspecified atom stereocenters. The fourth-order valence-corrected chi connectivity index (χ4v) is 2.64. The standard InChI is InChI=1S/C12H11F3N2S/c1-5(16)11-6(2)17-12(18-11)7-3-8(13)10(15)9(14)4-7/h3-5H,16H2,1-2H3. The van der Waals surface area contributed by atoms with Gasteiger partial charge in [0.15, 0.2) is 17.5 Å². The molecule has 0 aliphatic rings. The molecule has 96 valence electrons. The van der Waals surface area contributed by atoms with Gasteiger partial charge in [-0.3, -0.25) is 0 Å². The molecule has 2 nitrogen and oxygen atoms in total. The third kappa shape index (κ3) is 2.26. The monoisotopic (exact) mass is 272 g/mol. The number of aryl methyl sites for hydroxylation is 1. The molecule has 2 N–H and O–H groups in total. The number of benzene rings is 1. The Bertz CT molecular complexity index is 570. The lowest BCUT2D eigenvalue weighted by Gasteiger charge is -2.00. The lowest BCUT2D eigenvalue weighted by molar-refractivity contribution is 0.447. The molecule has 0 spiro atoms. The van der Waals surface area contributed by atoms with E-state index in [1.54, 1.807) is 13.8 Å². The second-order valence-corrected chi connectivity index (χ2v) is 5.04. The highest BCUT2D eigenvalue weighted by Gasteiger charge is 2.16. The summed E-state index contributed by atoms with van der Waals surface area (Å²) in [4.78, 5) is 5.04. The summed E-state index contributed by atoms with van der Waals surface area (Å²) in [6, 6.07) is 1.66. The number of thiazole rings is 1. The van der Waals surface area contributed by atoms with Crippen LogP contribution < -0.4 is 5.73 Å². The van der Waals surface area contributed by atoms with Crippen LogP contribution in [0.25, 0.3) is 10.6 Å². The summed E-state index contributed by atoms with van der Waals surface area (Å²) < 4.78 is 39.1. The molecule has 0 fully saturated rings. The van der Waals surface area contributed by atoms with Crippen LogP contribution in [0.3, 0.4) is 0 Å². The molecule has 0 saturated carbocycles. The molecule has 1 aromatic carbocycles. The summed E-state index contributed by atoms with van der Waals surface area (Å²) in [6.07, 6.45) is 0. The lowest BCUT2D eigenvalue weighted by Crippen LogP contribution is -2.03. The van der Waals surface area contributed by atoms with Gasteiger partial charge in [-0.1, -0.05) is 0 Å². The van der Waals surface area contributed by atoms with Crippen molar-refractivity contribution < 1.29 is 13.2 Å². The minimum Gasteiger partial charge on any atom is -0.323 e. The maximum absolute atomic E-state index is 13.1. The molecule has 0 aliphatic heterocycles. The van der Waals surface area contributed by atoms with E-state index in [-0.39, 0.29) is 11.6 Å². The van der Waals surface area contributed by atoms with E-state index in [4.69, 9.17) is 5.73 Å². The average molecular weight is 272 g/mol. The maximum Gasteiger partial charge on any atom is 0.194 e. The topological polar surface area (TPSA) is 38.9 Å².